The van der Waals surface area contributed by atoms with Gasteiger partial charge in [0.2, 0.25) is 0 Å². The second kappa shape index (κ2) is 10.6. The molecule has 0 heterocycles. The minimum atomic E-state index is -1.08. The molecule has 0 fully saturated rings. The Morgan fingerprint density at radius 2 is 1.59 bits per heavy atom. The van der Waals surface area contributed by atoms with Crippen LogP contribution in [0.25, 0.3) is 11.1 Å². The first-order valence-electron chi connectivity index (χ1n) is 9.86. The van der Waals surface area contributed by atoms with Gasteiger partial charge in [-0.25, -0.2) is 4.99 Å². The Morgan fingerprint density at radius 3 is 2.25 bits per heavy atom. The molecule has 0 radical (unpaired) electrons. The molecule has 0 aliphatic heterocycles. The molecule has 0 saturated heterocycles. The van der Waals surface area contributed by atoms with E-state index in [1.54, 1.807) is 24.3 Å². The van der Waals surface area contributed by atoms with E-state index in [2.05, 4.69) is 10.3 Å². The van der Waals surface area contributed by atoms with E-state index in [9.17, 15) is 9.59 Å². The summed E-state index contributed by atoms with van der Waals surface area (Å²) < 4.78 is 0. The highest BCUT2D eigenvalue weighted by Gasteiger charge is 2.13. The number of hydrogen-bond acceptors (Lipinski definition) is 4. The number of hydrogen-bond donors (Lipinski definition) is 4. The van der Waals surface area contributed by atoms with E-state index in [-0.39, 0.29) is 18.9 Å². The van der Waals surface area contributed by atoms with Crippen molar-refractivity contribution in [1.29, 1.82) is 0 Å². The van der Waals surface area contributed by atoms with E-state index in [0.29, 0.717) is 16.1 Å². The van der Waals surface area contributed by atoms with Crippen molar-refractivity contribution in [2.75, 3.05) is 0 Å². The quantitative estimate of drug-likeness (QED) is 0.324. The van der Waals surface area contributed by atoms with E-state index >= 15 is 0 Å². The van der Waals surface area contributed by atoms with Crippen molar-refractivity contribution in [3.63, 3.8) is 0 Å². The van der Waals surface area contributed by atoms with Gasteiger partial charge in [-0.05, 0) is 41.3 Å². The second-order valence-electron chi connectivity index (χ2n) is 7.14. The fraction of sp³-hybridized carbons (Fsp3) is 0.125. The first-order chi connectivity index (χ1) is 15.3. The highest BCUT2D eigenvalue weighted by molar-refractivity contribution is 6.33. The van der Waals surface area contributed by atoms with E-state index in [1.807, 2.05) is 48.5 Å². The lowest BCUT2D eigenvalue weighted by Crippen LogP contribution is -2.36. The molecule has 7 nitrogen and oxygen atoms in total. The molecule has 0 spiro atoms. The molecule has 0 unspecified atom stereocenters. The third kappa shape index (κ3) is 5.94. The van der Waals surface area contributed by atoms with Crippen LogP contribution in [0.4, 0.5) is 0 Å². The van der Waals surface area contributed by atoms with E-state index in [0.717, 1.165) is 16.7 Å². The number of halogens is 1. The number of nitrogens with two attached hydrogens (primary N) is 2. The highest BCUT2D eigenvalue weighted by atomic mass is 35.5. The fourth-order valence-electron chi connectivity index (χ4n) is 3.13. The predicted octanol–water partition coefficient (Wildman–Crippen LogP) is 3.21. The maximum atomic E-state index is 12.4. The zero-order chi connectivity index (χ0) is 23.1. The molecule has 0 aliphatic carbocycles. The summed E-state index contributed by atoms with van der Waals surface area (Å²) in [5.74, 6) is -1.51. The summed E-state index contributed by atoms with van der Waals surface area (Å²) >= 11 is 6.33. The number of aliphatic imine (C=N–C) groups is 1. The third-order valence-corrected chi connectivity index (χ3v) is 5.16. The van der Waals surface area contributed by atoms with Gasteiger partial charge in [-0.3, -0.25) is 14.9 Å². The summed E-state index contributed by atoms with van der Waals surface area (Å²) in [5, 5.41) is 12.1. The van der Waals surface area contributed by atoms with Gasteiger partial charge in [0.05, 0.1) is 6.54 Å². The zero-order valence-corrected chi connectivity index (χ0v) is 17.9. The van der Waals surface area contributed by atoms with Crippen LogP contribution >= 0.6 is 11.6 Å². The molecule has 3 rings (SSSR count). The van der Waals surface area contributed by atoms with Gasteiger partial charge in [0.15, 0.2) is 5.96 Å². The number of benzene rings is 3. The lowest BCUT2D eigenvalue weighted by atomic mass is 10.00. The largest absolute Gasteiger partial charge is 0.480 e. The van der Waals surface area contributed by atoms with Crippen LogP contribution in [0.1, 0.15) is 21.5 Å². The Bertz CT molecular complexity index is 1150. The van der Waals surface area contributed by atoms with Crippen molar-refractivity contribution < 1.29 is 14.7 Å². The lowest BCUT2D eigenvalue weighted by Gasteiger charge is -2.10. The van der Waals surface area contributed by atoms with E-state index in [1.165, 1.54) is 0 Å². The first-order valence-corrected chi connectivity index (χ1v) is 10.2. The molecule has 8 heteroatoms. The fourth-order valence-corrected chi connectivity index (χ4v) is 3.37. The maximum absolute atomic E-state index is 12.4. The summed E-state index contributed by atoms with van der Waals surface area (Å²) in [6, 6.07) is 20.7. The van der Waals surface area contributed by atoms with Crippen molar-refractivity contribution >= 4 is 29.4 Å². The monoisotopic (exact) mass is 450 g/mol. The smallest absolute Gasteiger partial charge is 0.320 e. The molecule has 3 aromatic carbocycles. The van der Waals surface area contributed by atoms with E-state index < -0.39 is 17.9 Å². The van der Waals surface area contributed by atoms with Crippen LogP contribution in [-0.4, -0.2) is 29.0 Å². The Hall–Kier alpha value is -3.68. The van der Waals surface area contributed by atoms with Crippen LogP contribution in [0.5, 0.6) is 0 Å². The third-order valence-electron chi connectivity index (χ3n) is 4.83. The molecule has 3 aromatic rings. The van der Waals surface area contributed by atoms with Crippen LogP contribution in [0, 0.1) is 0 Å². The standard InChI is InChI=1S/C24H23ClN4O3/c25-20-8-4-3-7-19(20)18-6-2-1-5-17(18)14-28-24(27)29-22(30)16-11-9-15(10-12-16)13-21(26)23(31)32/h1-12,21H,13-14,26H2,(H,31,32)(H3,27,28,29,30)/t21-/m0/s1. The SMILES string of the molecule is NC(=NCc1ccccc1-c1ccccc1Cl)NC(=O)c1ccc(C[C@H](N)C(=O)O)cc1. The van der Waals surface area contributed by atoms with E-state index in [4.69, 9.17) is 28.2 Å². The summed E-state index contributed by atoms with van der Waals surface area (Å²) in [6.45, 7) is 0.263. The molecule has 1 atom stereocenters. The van der Waals surface area contributed by atoms with Crippen molar-refractivity contribution in [1.82, 2.24) is 5.32 Å². The van der Waals surface area contributed by atoms with Crippen molar-refractivity contribution in [2.45, 2.75) is 19.0 Å². The summed E-state index contributed by atoms with van der Waals surface area (Å²) in [5.41, 5.74) is 15.3. The average molecular weight is 451 g/mol. The summed E-state index contributed by atoms with van der Waals surface area (Å²) in [7, 11) is 0. The number of carboxylic acids is 1. The van der Waals surface area contributed by atoms with Gasteiger partial charge in [0, 0.05) is 16.1 Å². The predicted molar refractivity (Wildman–Crippen MR) is 125 cm³/mol. The number of carbonyl (C=O) groups excluding carboxylic acids is 1. The van der Waals surface area contributed by atoms with Crippen LogP contribution in [0.15, 0.2) is 77.8 Å². The van der Waals surface area contributed by atoms with Crippen LogP contribution in [0.3, 0.4) is 0 Å². The van der Waals surface area contributed by atoms with Crippen LogP contribution < -0.4 is 16.8 Å². The van der Waals surface area contributed by atoms with Crippen molar-refractivity contribution in [3.05, 3.63) is 94.5 Å². The van der Waals surface area contributed by atoms with Gasteiger partial charge in [0.25, 0.3) is 5.91 Å². The van der Waals surface area contributed by atoms with Gasteiger partial charge >= 0.3 is 5.97 Å². The first kappa shape index (κ1) is 23.0. The Balaban J connectivity index is 1.66. The summed E-state index contributed by atoms with van der Waals surface area (Å²) in [4.78, 5) is 27.6. The number of rotatable bonds is 7. The molecule has 164 valence electrons. The van der Waals surface area contributed by atoms with Gasteiger partial charge in [0.1, 0.15) is 6.04 Å². The topological polar surface area (TPSA) is 131 Å². The molecule has 0 aromatic heterocycles. The average Bonchev–Trinajstić information content (AvgIpc) is 2.78. The molecule has 0 aliphatic rings. The number of nitrogens with one attached hydrogen (secondary N) is 1. The number of guanidine groups is 1. The van der Waals surface area contributed by atoms with Crippen molar-refractivity contribution in [2.24, 2.45) is 16.5 Å². The molecule has 0 bridgehead atoms. The second-order valence-corrected chi connectivity index (χ2v) is 7.55. The van der Waals surface area contributed by atoms with Gasteiger partial charge in [-0.1, -0.05) is 66.2 Å². The van der Waals surface area contributed by atoms with Gasteiger partial charge < -0.3 is 16.6 Å². The summed E-state index contributed by atoms with van der Waals surface area (Å²) in [6.07, 6.45) is 0.172. The maximum Gasteiger partial charge on any atom is 0.320 e. The normalized spacial score (nSPS) is 12.2. The minimum Gasteiger partial charge on any atom is -0.480 e. The minimum absolute atomic E-state index is 0.0130. The Morgan fingerprint density at radius 1 is 0.969 bits per heavy atom. The van der Waals surface area contributed by atoms with Crippen LogP contribution in [-0.2, 0) is 17.8 Å². The molecule has 0 saturated carbocycles. The molecule has 1 amide bonds. The molecular weight excluding hydrogens is 428 g/mol. The Kier molecular flexibility index (Phi) is 7.59. The van der Waals surface area contributed by atoms with Crippen LogP contribution in [0.2, 0.25) is 5.02 Å². The number of aliphatic carboxylic acids is 1. The number of nitrogens with zero attached hydrogens (tertiary/aromatic N) is 1. The van der Waals surface area contributed by atoms with Gasteiger partial charge in [-0.15, -0.1) is 0 Å². The lowest BCUT2D eigenvalue weighted by molar-refractivity contribution is -0.138. The van der Waals surface area contributed by atoms with Crippen molar-refractivity contribution in [3.8, 4) is 11.1 Å². The number of carboxylic acid groups (broad SMARTS) is 1. The number of carbonyl (C=O) groups is 2. The molecule has 32 heavy (non-hydrogen) atoms. The van der Waals surface area contributed by atoms with Gasteiger partial charge in [-0.2, -0.15) is 0 Å². The molecular formula is C24H23ClN4O3. The Labute approximate surface area is 190 Å². The molecule has 6 N–H and O–H groups in total. The number of amides is 1. The zero-order valence-electron chi connectivity index (χ0n) is 17.2. The highest BCUT2D eigenvalue weighted by Crippen LogP contribution is 2.30.